The second-order valence-electron chi connectivity index (χ2n) is 8.23. The highest BCUT2D eigenvalue weighted by Gasteiger charge is 2.57. The topological polar surface area (TPSA) is 46.5 Å². The Hall–Kier alpha value is -0.570. The first-order chi connectivity index (χ1) is 8.77. The third kappa shape index (κ3) is 2.42. The molecule has 4 aliphatic rings. The highest BCUT2D eigenvalue weighted by Crippen LogP contribution is 2.62. The Labute approximate surface area is 115 Å². The minimum Gasteiger partial charge on any atom is -0.479 e. The summed E-state index contributed by atoms with van der Waals surface area (Å²) in [5.41, 5.74) is -0.458. The van der Waals surface area contributed by atoms with E-state index in [0.717, 1.165) is 37.0 Å². The summed E-state index contributed by atoms with van der Waals surface area (Å²) in [5, 5.41) is 9.67. The van der Waals surface area contributed by atoms with Gasteiger partial charge in [0.05, 0.1) is 5.60 Å². The SMILES string of the molecule is CC(C)(C)OC(C(=O)O)C12CC3CC(CC(C3)C1)C2. The maximum Gasteiger partial charge on any atom is 0.333 e. The molecule has 1 N–H and O–H groups in total. The molecule has 108 valence electrons. The number of aliphatic carboxylic acids is 1. The third-order valence-electron chi connectivity index (χ3n) is 5.34. The summed E-state index contributed by atoms with van der Waals surface area (Å²) in [7, 11) is 0. The Morgan fingerprint density at radius 3 is 1.84 bits per heavy atom. The van der Waals surface area contributed by atoms with Crippen LogP contribution in [0.3, 0.4) is 0 Å². The average molecular weight is 266 g/mol. The summed E-state index contributed by atoms with van der Waals surface area (Å²) in [6, 6.07) is 0. The molecule has 4 aliphatic carbocycles. The number of ether oxygens (including phenoxy) is 1. The predicted octanol–water partition coefficient (Wildman–Crippen LogP) is 3.47. The van der Waals surface area contributed by atoms with E-state index in [4.69, 9.17) is 4.74 Å². The van der Waals surface area contributed by atoms with Crippen molar-refractivity contribution >= 4 is 5.97 Å². The molecule has 0 aliphatic heterocycles. The van der Waals surface area contributed by atoms with Crippen molar-refractivity contribution in [2.45, 2.75) is 71.0 Å². The number of hydrogen-bond donors (Lipinski definition) is 1. The largest absolute Gasteiger partial charge is 0.479 e. The molecule has 4 rings (SSSR count). The zero-order chi connectivity index (χ0) is 13.8. The molecule has 1 unspecified atom stereocenters. The quantitative estimate of drug-likeness (QED) is 0.850. The molecule has 4 fully saturated rings. The van der Waals surface area contributed by atoms with Crippen LogP contribution in [0.25, 0.3) is 0 Å². The summed E-state index contributed by atoms with van der Waals surface area (Å²) in [5.74, 6) is 1.53. The summed E-state index contributed by atoms with van der Waals surface area (Å²) in [6.07, 6.45) is 6.62. The van der Waals surface area contributed by atoms with E-state index in [1.165, 1.54) is 19.3 Å². The van der Waals surface area contributed by atoms with Crippen molar-refractivity contribution in [2.24, 2.45) is 23.2 Å². The lowest BCUT2D eigenvalue weighted by molar-refractivity contribution is -0.200. The predicted molar refractivity (Wildman–Crippen MR) is 72.9 cm³/mol. The van der Waals surface area contributed by atoms with Crippen molar-refractivity contribution < 1.29 is 14.6 Å². The van der Waals surface area contributed by atoms with Gasteiger partial charge in [0, 0.05) is 5.41 Å². The molecule has 0 heterocycles. The van der Waals surface area contributed by atoms with Gasteiger partial charge in [-0.1, -0.05) is 0 Å². The van der Waals surface area contributed by atoms with Gasteiger partial charge < -0.3 is 9.84 Å². The van der Waals surface area contributed by atoms with Crippen molar-refractivity contribution in [2.75, 3.05) is 0 Å². The Bertz CT molecular complexity index is 345. The van der Waals surface area contributed by atoms with Gasteiger partial charge in [-0.05, 0) is 77.0 Å². The van der Waals surface area contributed by atoms with Crippen LogP contribution in [0, 0.1) is 23.2 Å². The van der Waals surface area contributed by atoms with Crippen molar-refractivity contribution in [1.82, 2.24) is 0 Å². The van der Waals surface area contributed by atoms with Crippen LogP contribution < -0.4 is 0 Å². The van der Waals surface area contributed by atoms with Crippen molar-refractivity contribution in [3.63, 3.8) is 0 Å². The van der Waals surface area contributed by atoms with Crippen LogP contribution in [-0.2, 0) is 9.53 Å². The lowest BCUT2D eigenvalue weighted by Gasteiger charge is -2.58. The molecule has 0 aromatic carbocycles. The van der Waals surface area contributed by atoms with Crippen LogP contribution in [0.2, 0.25) is 0 Å². The number of carboxylic acids is 1. The van der Waals surface area contributed by atoms with Gasteiger partial charge in [-0.25, -0.2) is 4.79 Å². The monoisotopic (exact) mass is 266 g/mol. The van der Waals surface area contributed by atoms with Gasteiger partial charge in [0.1, 0.15) is 0 Å². The van der Waals surface area contributed by atoms with Gasteiger partial charge in [-0.3, -0.25) is 0 Å². The first kappa shape index (κ1) is 13.4. The fourth-order valence-electron chi connectivity index (χ4n) is 5.29. The van der Waals surface area contributed by atoms with Gasteiger partial charge in [-0.15, -0.1) is 0 Å². The molecule has 0 amide bonds. The van der Waals surface area contributed by atoms with Gasteiger partial charge >= 0.3 is 5.97 Å². The van der Waals surface area contributed by atoms with E-state index in [9.17, 15) is 9.90 Å². The molecule has 19 heavy (non-hydrogen) atoms. The van der Waals surface area contributed by atoms with Crippen LogP contribution in [0.1, 0.15) is 59.3 Å². The fourth-order valence-corrected chi connectivity index (χ4v) is 5.29. The minimum atomic E-state index is -0.753. The van der Waals surface area contributed by atoms with E-state index in [2.05, 4.69) is 0 Å². The normalized spacial score (nSPS) is 42.4. The molecule has 0 aromatic rings. The molecule has 0 spiro atoms. The van der Waals surface area contributed by atoms with E-state index >= 15 is 0 Å². The zero-order valence-electron chi connectivity index (χ0n) is 12.3. The zero-order valence-corrected chi connectivity index (χ0v) is 12.3. The highest BCUT2D eigenvalue weighted by molar-refractivity contribution is 5.73. The molecule has 0 saturated heterocycles. The smallest absolute Gasteiger partial charge is 0.333 e. The first-order valence-electron chi connectivity index (χ1n) is 7.68. The third-order valence-corrected chi connectivity index (χ3v) is 5.34. The lowest BCUT2D eigenvalue weighted by atomic mass is 9.48. The molecule has 4 saturated carbocycles. The molecule has 0 aromatic heterocycles. The van der Waals surface area contributed by atoms with E-state index in [-0.39, 0.29) is 11.0 Å². The fraction of sp³-hybridized carbons (Fsp3) is 0.938. The van der Waals surface area contributed by atoms with Gasteiger partial charge in [0.15, 0.2) is 6.10 Å². The summed E-state index contributed by atoms with van der Waals surface area (Å²) >= 11 is 0. The molecule has 3 nitrogen and oxygen atoms in total. The Kier molecular flexibility index (Phi) is 2.97. The maximum absolute atomic E-state index is 11.8. The second-order valence-corrected chi connectivity index (χ2v) is 8.23. The Morgan fingerprint density at radius 1 is 1.11 bits per heavy atom. The minimum absolute atomic E-state index is 0.0755. The molecular weight excluding hydrogens is 240 g/mol. The van der Waals surface area contributed by atoms with Crippen LogP contribution in [0.4, 0.5) is 0 Å². The van der Waals surface area contributed by atoms with Crippen LogP contribution in [0.5, 0.6) is 0 Å². The Morgan fingerprint density at radius 2 is 1.53 bits per heavy atom. The standard InChI is InChI=1S/C16H26O3/c1-15(2,3)19-13(14(17)18)16-7-10-4-11(8-16)6-12(5-10)9-16/h10-13H,4-9H2,1-3H3,(H,17,18). The van der Waals surface area contributed by atoms with Crippen molar-refractivity contribution in [1.29, 1.82) is 0 Å². The van der Waals surface area contributed by atoms with Crippen molar-refractivity contribution in [3.8, 4) is 0 Å². The van der Waals surface area contributed by atoms with Crippen molar-refractivity contribution in [3.05, 3.63) is 0 Å². The first-order valence-corrected chi connectivity index (χ1v) is 7.68. The lowest BCUT2D eigenvalue weighted by Crippen LogP contribution is -2.56. The van der Waals surface area contributed by atoms with Crippen LogP contribution >= 0.6 is 0 Å². The number of carbonyl (C=O) groups is 1. The van der Waals surface area contributed by atoms with Gasteiger partial charge in [0.2, 0.25) is 0 Å². The second kappa shape index (κ2) is 4.21. The molecule has 1 atom stereocenters. The Balaban J connectivity index is 1.87. The van der Waals surface area contributed by atoms with E-state index in [1.807, 2.05) is 20.8 Å². The summed E-state index contributed by atoms with van der Waals surface area (Å²) < 4.78 is 5.98. The number of carboxylic acid groups (broad SMARTS) is 1. The average Bonchev–Trinajstić information content (AvgIpc) is 2.22. The van der Waals surface area contributed by atoms with Crippen LogP contribution in [-0.4, -0.2) is 22.8 Å². The van der Waals surface area contributed by atoms with E-state index in [0.29, 0.717) is 0 Å². The summed E-state index contributed by atoms with van der Waals surface area (Å²) in [4.78, 5) is 11.8. The van der Waals surface area contributed by atoms with Gasteiger partial charge in [-0.2, -0.15) is 0 Å². The van der Waals surface area contributed by atoms with Crippen LogP contribution in [0.15, 0.2) is 0 Å². The highest BCUT2D eigenvalue weighted by atomic mass is 16.5. The number of hydrogen-bond acceptors (Lipinski definition) is 2. The molecular formula is C16H26O3. The summed E-state index contributed by atoms with van der Waals surface area (Å²) in [6.45, 7) is 5.89. The maximum atomic E-state index is 11.8. The molecule has 3 heteroatoms. The molecule has 0 radical (unpaired) electrons. The van der Waals surface area contributed by atoms with E-state index < -0.39 is 12.1 Å². The molecule has 4 bridgehead atoms. The van der Waals surface area contributed by atoms with Gasteiger partial charge in [0.25, 0.3) is 0 Å². The van der Waals surface area contributed by atoms with E-state index in [1.54, 1.807) is 0 Å². The number of rotatable bonds is 3.